The van der Waals surface area contributed by atoms with Crippen molar-refractivity contribution in [3.8, 4) is 0 Å². The predicted molar refractivity (Wildman–Crippen MR) is 52.3 cm³/mol. The lowest BCUT2D eigenvalue weighted by molar-refractivity contribution is 0.947. The van der Waals surface area contributed by atoms with E-state index in [0.29, 0.717) is 5.82 Å². The van der Waals surface area contributed by atoms with Gasteiger partial charge in [-0.1, -0.05) is 6.92 Å². The second-order valence-electron chi connectivity index (χ2n) is 2.52. The molecule has 0 saturated carbocycles. The molecule has 0 aliphatic heterocycles. The third-order valence-electron chi connectivity index (χ3n) is 1.53. The van der Waals surface area contributed by atoms with Crippen molar-refractivity contribution in [2.45, 2.75) is 25.8 Å². The van der Waals surface area contributed by atoms with Crippen LogP contribution in [0.5, 0.6) is 0 Å². The van der Waals surface area contributed by atoms with Crippen molar-refractivity contribution >= 4 is 17.6 Å². The lowest BCUT2D eigenvalue weighted by Gasteiger charge is -2.05. The van der Waals surface area contributed by atoms with E-state index in [1.165, 1.54) is 0 Å². The van der Waals surface area contributed by atoms with E-state index in [-0.39, 0.29) is 0 Å². The average Bonchev–Trinajstić information content (AvgIpc) is 2.00. The molecule has 0 amide bonds. The SMILES string of the molecule is CCSc1nc(C)nc(N)c1C. The van der Waals surface area contributed by atoms with Gasteiger partial charge in [0.1, 0.15) is 16.7 Å². The maximum atomic E-state index is 5.69. The van der Waals surface area contributed by atoms with Crippen LogP contribution in [0.1, 0.15) is 18.3 Å². The number of hydrogen-bond donors (Lipinski definition) is 1. The van der Waals surface area contributed by atoms with E-state index < -0.39 is 0 Å². The second-order valence-corrected chi connectivity index (χ2v) is 3.77. The summed E-state index contributed by atoms with van der Waals surface area (Å²) in [6.07, 6.45) is 0. The number of rotatable bonds is 2. The molecule has 0 aliphatic rings. The number of nitrogens with two attached hydrogens (primary N) is 1. The van der Waals surface area contributed by atoms with Gasteiger partial charge in [0.05, 0.1) is 0 Å². The molecule has 3 nitrogen and oxygen atoms in total. The molecule has 0 atom stereocenters. The molecule has 0 fully saturated rings. The second kappa shape index (κ2) is 3.76. The fourth-order valence-electron chi connectivity index (χ4n) is 0.901. The van der Waals surface area contributed by atoms with Gasteiger partial charge in [-0.2, -0.15) is 0 Å². The van der Waals surface area contributed by atoms with Gasteiger partial charge in [0.25, 0.3) is 0 Å². The first-order valence-corrected chi connectivity index (χ1v) is 4.87. The number of anilines is 1. The van der Waals surface area contributed by atoms with Crippen molar-refractivity contribution < 1.29 is 0 Å². The third kappa shape index (κ3) is 1.88. The smallest absolute Gasteiger partial charge is 0.131 e. The summed E-state index contributed by atoms with van der Waals surface area (Å²) in [7, 11) is 0. The summed E-state index contributed by atoms with van der Waals surface area (Å²) in [5.74, 6) is 2.35. The van der Waals surface area contributed by atoms with E-state index in [1.807, 2.05) is 13.8 Å². The molecule has 0 unspecified atom stereocenters. The van der Waals surface area contributed by atoms with Gasteiger partial charge in [-0.05, 0) is 19.6 Å². The highest BCUT2D eigenvalue weighted by Crippen LogP contribution is 2.22. The molecule has 0 aliphatic carbocycles. The van der Waals surface area contributed by atoms with Gasteiger partial charge in [-0.25, -0.2) is 9.97 Å². The van der Waals surface area contributed by atoms with Gasteiger partial charge in [-0.3, -0.25) is 0 Å². The lowest BCUT2D eigenvalue weighted by atomic mass is 10.3. The van der Waals surface area contributed by atoms with Crippen molar-refractivity contribution in [1.29, 1.82) is 0 Å². The maximum Gasteiger partial charge on any atom is 0.131 e. The van der Waals surface area contributed by atoms with Crippen molar-refractivity contribution in [1.82, 2.24) is 9.97 Å². The Bertz CT molecular complexity index is 286. The zero-order valence-corrected chi connectivity index (χ0v) is 8.40. The monoisotopic (exact) mass is 183 g/mol. The molecule has 1 aromatic rings. The van der Waals surface area contributed by atoms with Gasteiger partial charge in [0.15, 0.2) is 0 Å². The van der Waals surface area contributed by atoms with Crippen LogP contribution in [-0.2, 0) is 0 Å². The number of hydrogen-bond acceptors (Lipinski definition) is 4. The van der Waals surface area contributed by atoms with Crippen LogP contribution in [0.3, 0.4) is 0 Å². The van der Waals surface area contributed by atoms with E-state index in [4.69, 9.17) is 5.73 Å². The molecule has 1 heterocycles. The van der Waals surface area contributed by atoms with Gasteiger partial charge >= 0.3 is 0 Å². The first-order chi connectivity index (χ1) is 5.65. The molecule has 1 rings (SSSR count). The first-order valence-electron chi connectivity index (χ1n) is 3.88. The topological polar surface area (TPSA) is 51.8 Å². The zero-order chi connectivity index (χ0) is 9.14. The summed E-state index contributed by atoms with van der Waals surface area (Å²) < 4.78 is 0. The molecule has 0 saturated heterocycles. The van der Waals surface area contributed by atoms with Crippen LogP contribution in [0.25, 0.3) is 0 Å². The molecule has 2 N–H and O–H groups in total. The average molecular weight is 183 g/mol. The Morgan fingerprint density at radius 2 is 2.00 bits per heavy atom. The molecule has 4 heteroatoms. The number of thioether (sulfide) groups is 1. The van der Waals surface area contributed by atoms with Crippen molar-refractivity contribution in [3.05, 3.63) is 11.4 Å². The largest absolute Gasteiger partial charge is 0.383 e. The van der Waals surface area contributed by atoms with Crippen LogP contribution in [0.2, 0.25) is 0 Å². The van der Waals surface area contributed by atoms with Crippen LogP contribution >= 0.6 is 11.8 Å². The molecular formula is C8H13N3S. The number of nitrogens with zero attached hydrogens (tertiary/aromatic N) is 2. The van der Waals surface area contributed by atoms with Crippen LogP contribution in [0, 0.1) is 13.8 Å². The van der Waals surface area contributed by atoms with Crippen molar-refractivity contribution in [2.24, 2.45) is 0 Å². The Labute approximate surface area is 76.8 Å². The van der Waals surface area contributed by atoms with Crippen LogP contribution < -0.4 is 5.73 Å². The summed E-state index contributed by atoms with van der Waals surface area (Å²) in [6, 6.07) is 0. The van der Waals surface area contributed by atoms with Crippen molar-refractivity contribution in [2.75, 3.05) is 11.5 Å². The molecule has 0 aromatic carbocycles. The Balaban J connectivity index is 3.09. The van der Waals surface area contributed by atoms with E-state index >= 15 is 0 Å². The normalized spacial score (nSPS) is 10.2. The Morgan fingerprint density at radius 3 is 2.58 bits per heavy atom. The summed E-state index contributed by atoms with van der Waals surface area (Å²) in [5, 5.41) is 1.00. The fraction of sp³-hybridized carbons (Fsp3) is 0.500. The maximum absolute atomic E-state index is 5.69. The number of aryl methyl sites for hydroxylation is 1. The van der Waals surface area contributed by atoms with Gasteiger partial charge in [0, 0.05) is 5.56 Å². The molecule has 66 valence electrons. The fourth-order valence-corrected chi connectivity index (χ4v) is 1.69. The van der Waals surface area contributed by atoms with Gasteiger partial charge in [-0.15, -0.1) is 11.8 Å². The number of nitrogen functional groups attached to an aromatic ring is 1. The summed E-state index contributed by atoms with van der Waals surface area (Å²) >= 11 is 1.70. The molecular weight excluding hydrogens is 170 g/mol. The highest BCUT2D eigenvalue weighted by Gasteiger charge is 2.05. The zero-order valence-electron chi connectivity index (χ0n) is 7.59. The summed E-state index contributed by atoms with van der Waals surface area (Å²) in [6.45, 7) is 5.90. The Morgan fingerprint density at radius 1 is 1.33 bits per heavy atom. The predicted octanol–water partition coefficient (Wildman–Crippen LogP) is 1.79. The van der Waals surface area contributed by atoms with Crippen molar-refractivity contribution in [3.63, 3.8) is 0 Å². The molecule has 12 heavy (non-hydrogen) atoms. The molecule has 0 bridgehead atoms. The van der Waals surface area contributed by atoms with E-state index in [2.05, 4.69) is 16.9 Å². The van der Waals surface area contributed by atoms with E-state index in [9.17, 15) is 0 Å². The van der Waals surface area contributed by atoms with E-state index in [0.717, 1.165) is 22.2 Å². The molecule has 1 aromatic heterocycles. The van der Waals surface area contributed by atoms with Gasteiger partial charge < -0.3 is 5.73 Å². The Kier molecular flexibility index (Phi) is 2.92. The summed E-state index contributed by atoms with van der Waals surface area (Å²) in [4.78, 5) is 8.36. The van der Waals surface area contributed by atoms with Crippen LogP contribution in [0.15, 0.2) is 5.03 Å². The standard InChI is InChI=1S/C8H13N3S/c1-4-12-8-5(2)7(9)10-6(3)11-8/h4H2,1-3H3,(H2,9,10,11). The number of aromatic nitrogens is 2. The minimum absolute atomic E-state index is 0.596. The minimum Gasteiger partial charge on any atom is -0.383 e. The van der Waals surface area contributed by atoms with Crippen LogP contribution in [0.4, 0.5) is 5.82 Å². The quantitative estimate of drug-likeness (QED) is 0.561. The molecule has 0 spiro atoms. The lowest BCUT2D eigenvalue weighted by Crippen LogP contribution is -2.01. The molecule has 0 radical (unpaired) electrons. The minimum atomic E-state index is 0.596. The van der Waals surface area contributed by atoms with Gasteiger partial charge in [0.2, 0.25) is 0 Å². The highest BCUT2D eigenvalue weighted by molar-refractivity contribution is 7.99. The van der Waals surface area contributed by atoms with E-state index in [1.54, 1.807) is 11.8 Å². The summed E-state index contributed by atoms with van der Waals surface area (Å²) in [5.41, 5.74) is 6.68. The highest BCUT2D eigenvalue weighted by atomic mass is 32.2. The Hall–Kier alpha value is -0.770. The first kappa shape index (κ1) is 9.32. The third-order valence-corrected chi connectivity index (χ3v) is 2.49. The van der Waals surface area contributed by atoms with Crippen LogP contribution in [-0.4, -0.2) is 15.7 Å².